The van der Waals surface area contributed by atoms with Crippen LogP contribution in [0, 0.1) is 5.92 Å². The molecule has 1 fully saturated rings. The van der Waals surface area contributed by atoms with Gasteiger partial charge in [0.15, 0.2) is 6.29 Å². The molecule has 1 aliphatic rings. The molecule has 0 aromatic rings. The van der Waals surface area contributed by atoms with Crippen LogP contribution in [0.15, 0.2) is 0 Å². The lowest BCUT2D eigenvalue weighted by Crippen LogP contribution is -2.37. The highest BCUT2D eigenvalue weighted by Gasteiger charge is 2.29. The van der Waals surface area contributed by atoms with Crippen LogP contribution in [0.2, 0.25) is 0 Å². The van der Waals surface area contributed by atoms with Crippen LogP contribution in [0.3, 0.4) is 0 Å². The van der Waals surface area contributed by atoms with Gasteiger partial charge >= 0.3 is 0 Å². The minimum Gasteiger partial charge on any atom is -0.373 e. The Morgan fingerprint density at radius 2 is 1.92 bits per heavy atom. The monoisotopic (exact) mass is 189 g/mol. The molecular weight excluding hydrogens is 170 g/mol. The van der Waals surface area contributed by atoms with Gasteiger partial charge in [-0.15, -0.1) is 0 Å². The van der Waals surface area contributed by atoms with Crippen molar-refractivity contribution in [1.29, 1.82) is 0 Å². The molecule has 0 amide bonds. The minimum absolute atomic E-state index is 0.239. The lowest BCUT2D eigenvalue weighted by atomic mass is 9.82. The Labute approximate surface area is 79.3 Å². The van der Waals surface area contributed by atoms with E-state index in [0.717, 1.165) is 19.4 Å². The average Bonchev–Trinajstić information content (AvgIpc) is 2.09. The molecule has 4 heteroatoms. The second kappa shape index (κ2) is 5.54. The Morgan fingerprint density at radius 3 is 2.38 bits per heavy atom. The summed E-state index contributed by atoms with van der Waals surface area (Å²) in [6, 6.07) is 0. The van der Waals surface area contributed by atoms with E-state index in [1.54, 1.807) is 14.2 Å². The van der Waals surface area contributed by atoms with E-state index >= 15 is 0 Å². The normalized spacial score (nSPS) is 27.7. The van der Waals surface area contributed by atoms with Crippen LogP contribution < -0.4 is 5.73 Å². The van der Waals surface area contributed by atoms with E-state index < -0.39 is 0 Å². The van der Waals surface area contributed by atoms with Crippen LogP contribution in [0.4, 0.5) is 0 Å². The minimum atomic E-state index is -0.239. The molecule has 2 N–H and O–H groups in total. The molecule has 0 radical (unpaired) electrons. The summed E-state index contributed by atoms with van der Waals surface area (Å²) in [6.07, 6.45) is 2.28. The lowest BCUT2D eigenvalue weighted by molar-refractivity contribution is -0.164. The van der Waals surface area contributed by atoms with Gasteiger partial charge in [0.25, 0.3) is 0 Å². The van der Waals surface area contributed by atoms with Crippen molar-refractivity contribution in [1.82, 2.24) is 0 Å². The van der Waals surface area contributed by atoms with Crippen LogP contribution in [0.5, 0.6) is 0 Å². The first-order chi connectivity index (χ1) is 6.30. The maximum Gasteiger partial charge on any atom is 0.180 e. The zero-order chi connectivity index (χ0) is 9.68. The first kappa shape index (κ1) is 10.9. The smallest absolute Gasteiger partial charge is 0.180 e. The summed E-state index contributed by atoms with van der Waals surface area (Å²) >= 11 is 0. The van der Waals surface area contributed by atoms with E-state index in [2.05, 4.69) is 0 Å². The number of hydrogen-bond donors (Lipinski definition) is 1. The molecule has 0 atom stereocenters. The Bertz CT molecular complexity index is 133. The van der Waals surface area contributed by atoms with Crippen molar-refractivity contribution in [2.24, 2.45) is 11.7 Å². The van der Waals surface area contributed by atoms with Gasteiger partial charge in [-0.25, -0.2) is 0 Å². The molecule has 0 heterocycles. The predicted molar refractivity (Wildman–Crippen MR) is 49.3 cm³/mol. The van der Waals surface area contributed by atoms with Gasteiger partial charge < -0.3 is 19.9 Å². The fraction of sp³-hybridized carbons (Fsp3) is 1.00. The van der Waals surface area contributed by atoms with Crippen LogP contribution in [-0.4, -0.2) is 39.8 Å². The van der Waals surface area contributed by atoms with Crippen molar-refractivity contribution in [2.45, 2.75) is 25.2 Å². The van der Waals surface area contributed by atoms with Gasteiger partial charge in [0.1, 0.15) is 0 Å². The summed E-state index contributed by atoms with van der Waals surface area (Å²) in [5.41, 5.74) is 5.50. The van der Waals surface area contributed by atoms with Gasteiger partial charge in [-0.2, -0.15) is 0 Å². The van der Waals surface area contributed by atoms with Gasteiger partial charge in [-0.05, 0) is 25.3 Å². The van der Waals surface area contributed by atoms with Gasteiger partial charge in [0.05, 0.1) is 12.7 Å². The number of hydrogen-bond acceptors (Lipinski definition) is 4. The molecule has 0 aromatic carbocycles. The summed E-state index contributed by atoms with van der Waals surface area (Å²) < 4.78 is 15.5. The number of rotatable bonds is 6. The SMILES string of the molecule is COC(COC1CC(CN)C1)OC. The molecule has 4 nitrogen and oxygen atoms in total. The van der Waals surface area contributed by atoms with Gasteiger partial charge in [-0.3, -0.25) is 0 Å². The van der Waals surface area contributed by atoms with Crippen molar-refractivity contribution in [3.63, 3.8) is 0 Å². The molecule has 1 saturated carbocycles. The standard InChI is InChI=1S/C9H19NO3/c1-11-9(12-2)6-13-8-3-7(4-8)5-10/h7-9H,3-6,10H2,1-2H3. The van der Waals surface area contributed by atoms with Crippen molar-refractivity contribution >= 4 is 0 Å². The van der Waals surface area contributed by atoms with Gasteiger partial charge in [-0.1, -0.05) is 0 Å². The number of ether oxygens (including phenoxy) is 3. The first-order valence-corrected chi connectivity index (χ1v) is 4.67. The van der Waals surface area contributed by atoms with E-state index in [4.69, 9.17) is 19.9 Å². The van der Waals surface area contributed by atoms with E-state index in [1.165, 1.54) is 0 Å². The van der Waals surface area contributed by atoms with E-state index in [1.807, 2.05) is 0 Å². The van der Waals surface area contributed by atoms with Crippen LogP contribution in [0.25, 0.3) is 0 Å². The molecule has 0 aromatic heterocycles. The largest absolute Gasteiger partial charge is 0.373 e. The second-order valence-electron chi connectivity index (χ2n) is 3.43. The summed E-state index contributed by atoms with van der Waals surface area (Å²) in [7, 11) is 3.22. The highest BCUT2D eigenvalue weighted by Crippen LogP contribution is 2.28. The molecule has 1 aliphatic carbocycles. The molecule has 0 bridgehead atoms. The van der Waals surface area contributed by atoms with Gasteiger partial charge in [0, 0.05) is 14.2 Å². The topological polar surface area (TPSA) is 53.7 Å². The molecule has 78 valence electrons. The molecule has 0 spiro atoms. The lowest BCUT2D eigenvalue weighted by Gasteiger charge is -2.34. The second-order valence-corrected chi connectivity index (χ2v) is 3.43. The third-order valence-corrected chi connectivity index (χ3v) is 2.52. The summed E-state index contributed by atoms with van der Waals surface area (Å²) in [4.78, 5) is 0. The quantitative estimate of drug-likeness (QED) is 0.613. The zero-order valence-electron chi connectivity index (χ0n) is 8.36. The van der Waals surface area contributed by atoms with Crippen LogP contribution in [0.1, 0.15) is 12.8 Å². The molecular formula is C9H19NO3. The van der Waals surface area contributed by atoms with Crippen molar-refractivity contribution in [3.05, 3.63) is 0 Å². The van der Waals surface area contributed by atoms with Crippen molar-refractivity contribution < 1.29 is 14.2 Å². The first-order valence-electron chi connectivity index (χ1n) is 4.67. The molecule has 13 heavy (non-hydrogen) atoms. The summed E-state index contributed by atoms with van der Waals surface area (Å²) in [6.45, 7) is 1.28. The zero-order valence-corrected chi connectivity index (χ0v) is 8.36. The van der Waals surface area contributed by atoms with E-state index in [9.17, 15) is 0 Å². The summed E-state index contributed by atoms with van der Waals surface area (Å²) in [5, 5.41) is 0. The average molecular weight is 189 g/mol. The predicted octanol–water partition coefficient (Wildman–Crippen LogP) is 0.359. The maximum absolute atomic E-state index is 5.55. The highest BCUT2D eigenvalue weighted by atomic mass is 16.7. The summed E-state index contributed by atoms with van der Waals surface area (Å²) in [5.74, 6) is 0.661. The van der Waals surface area contributed by atoms with E-state index in [0.29, 0.717) is 18.6 Å². The van der Waals surface area contributed by atoms with Crippen LogP contribution >= 0.6 is 0 Å². The van der Waals surface area contributed by atoms with Gasteiger partial charge in [0.2, 0.25) is 0 Å². The molecule has 0 saturated heterocycles. The number of methoxy groups -OCH3 is 2. The Morgan fingerprint density at radius 1 is 1.31 bits per heavy atom. The molecule has 0 aliphatic heterocycles. The number of nitrogens with two attached hydrogens (primary N) is 1. The third-order valence-electron chi connectivity index (χ3n) is 2.52. The van der Waals surface area contributed by atoms with Crippen LogP contribution in [-0.2, 0) is 14.2 Å². The Balaban J connectivity index is 2.01. The molecule has 1 rings (SSSR count). The van der Waals surface area contributed by atoms with E-state index in [-0.39, 0.29) is 6.29 Å². The maximum atomic E-state index is 5.55. The third kappa shape index (κ3) is 3.23. The van der Waals surface area contributed by atoms with Crippen molar-refractivity contribution in [3.8, 4) is 0 Å². The Kier molecular flexibility index (Phi) is 4.66. The highest BCUT2D eigenvalue weighted by molar-refractivity contribution is 4.80. The fourth-order valence-corrected chi connectivity index (χ4v) is 1.45. The molecule has 0 unspecified atom stereocenters. The Hall–Kier alpha value is -0.160. The van der Waals surface area contributed by atoms with Crippen molar-refractivity contribution in [2.75, 3.05) is 27.4 Å². The fourth-order valence-electron chi connectivity index (χ4n) is 1.45.